The summed E-state index contributed by atoms with van der Waals surface area (Å²) in [5.74, 6) is -0.323. The summed E-state index contributed by atoms with van der Waals surface area (Å²) in [7, 11) is 1.29. The Bertz CT molecular complexity index is 630. The summed E-state index contributed by atoms with van der Waals surface area (Å²) in [5, 5.41) is 0.00916. The van der Waals surface area contributed by atoms with Crippen molar-refractivity contribution in [2.45, 2.75) is 39.2 Å². The van der Waals surface area contributed by atoms with Crippen molar-refractivity contribution in [1.29, 1.82) is 0 Å². The van der Waals surface area contributed by atoms with Gasteiger partial charge in [-0.3, -0.25) is 0 Å². The van der Waals surface area contributed by atoms with Crippen LogP contribution in [0.2, 0.25) is 5.28 Å². The molecule has 24 heavy (non-hydrogen) atoms. The molecule has 132 valence electrons. The molecule has 1 aromatic heterocycles. The third-order valence-corrected chi connectivity index (χ3v) is 3.75. The van der Waals surface area contributed by atoms with Crippen molar-refractivity contribution < 1.29 is 19.1 Å². The van der Waals surface area contributed by atoms with Crippen LogP contribution in [-0.2, 0) is 15.9 Å². The van der Waals surface area contributed by atoms with Gasteiger partial charge in [-0.2, -0.15) is 0 Å². The van der Waals surface area contributed by atoms with Crippen molar-refractivity contribution in [3.63, 3.8) is 0 Å². The highest BCUT2D eigenvalue weighted by atomic mass is 35.5. The van der Waals surface area contributed by atoms with Crippen molar-refractivity contribution in [3.05, 3.63) is 22.7 Å². The molecular weight excluding hydrogens is 334 g/mol. The zero-order chi connectivity index (χ0) is 17.9. The topological polar surface area (TPSA) is 81.6 Å². The first-order valence-corrected chi connectivity index (χ1v) is 8.15. The predicted molar refractivity (Wildman–Crippen MR) is 88.0 cm³/mol. The van der Waals surface area contributed by atoms with Crippen LogP contribution in [0.25, 0.3) is 0 Å². The number of ether oxygens (including phenoxy) is 2. The van der Waals surface area contributed by atoms with Crippen LogP contribution < -0.4 is 0 Å². The van der Waals surface area contributed by atoms with Crippen LogP contribution in [-0.4, -0.2) is 52.7 Å². The van der Waals surface area contributed by atoms with Gasteiger partial charge >= 0.3 is 12.1 Å². The second-order valence-electron chi connectivity index (χ2n) is 6.79. The second-order valence-corrected chi connectivity index (χ2v) is 7.13. The maximum Gasteiger partial charge on any atom is 0.410 e. The first kappa shape index (κ1) is 18.4. The molecular formula is C16H22ClN3O4. The molecule has 0 spiro atoms. The number of nitrogens with zero attached hydrogens (tertiary/aromatic N) is 3. The zero-order valence-corrected chi connectivity index (χ0v) is 15.1. The first-order valence-electron chi connectivity index (χ1n) is 7.77. The largest absolute Gasteiger partial charge is 0.464 e. The molecule has 1 amide bonds. The van der Waals surface area contributed by atoms with E-state index in [1.54, 1.807) is 11.0 Å². The molecule has 1 aromatic rings. The molecule has 0 aliphatic carbocycles. The summed E-state index contributed by atoms with van der Waals surface area (Å²) in [5.41, 5.74) is 0.283. The molecule has 2 heterocycles. The fourth-order valence-electron chi connectivity index (χ4n) is 2.57. The SMILES string of the molecule is COC(=O)c1cc(CC2CCN(C(=O)OC(C)(C)C)C2)nc(Cl)n1. The molecule has 0 aromatic carbocycles. The average Bonchev–Trinajstić information content (AvgIpc) is 2.92. The van der Waals surface area contributed by atoms with Gasteiger partial charge in [-0.05, 0) is 57.2 Å². The molecule has 1 aliphatic heterocycles. The van der Waals surface area contributed by atoms with E-state index in [1.165, 1.54) is 7.11 Å². The smallest absolute Gasteiger partial charge is 0.410 e. The van der Waals surface area contributed by atoms with E-state index in [4.69, 9.17) is 16.3 Å². The Morgan fingerprint density at radius 2 is 2.08 bits per heavy atom. The second kappa shape index (κ2) is 7.34. The number of methoxy groups -OCH3 is 1. The van der Waals surface area contributed by atoms with E-state index in [-0.39, 0.29) is 23.0 Å². The Kier molecular flexibility index (Phi) is 5.64. The molecule has 2 rings (SSSR count). The maximum absolute atomic E-state index is 12.1. The van der Waals surface area contributed by atoms with E-state index >= 15 is 0 Å². The molecule has 1 atom stereocenters. The summed E-state index contributed by atoms with van der Waals surface area (Å²) in [4.78, 5) is 33.4. The minimum Gasteiger partial charge on any atom is -0.464 e. The van der Waals surface area contributed by atoms with Crippen molar-refractivity contribution in [1.82, 2.24) is 14.9 Å². The van der Waals surface area contributed by atoms with Crippen LogP contribution in [0.4, 0.5) is 4.79 Å². The van der Waals surface area contributed by atoms with Crippen LogP contribution in [0.3, 0.4) is 0 Å². The van der Waals surface area contributed by atoms with Gasteiger partial charge in [0.25, 0.3) is 0 Å². The summed E-state index contributed by atoms with van der Waals surface area (Å²) >= 11 is 5.87. The lowest BCUT2D eigenvalue weighted by atomic mass is 10.0. The molecule has 0 saturated carbocycles. The fourth-order valence-corrected chi connectivity index (χ4v) is 2.77. The van der Waals surface area contributed by atoms with Gasteiger partial charge < -0.3 is 14.4 Å². The van der Waals surface area contributed by atoms with Gasteiger partial charge in [0.2, 0.25) is 5.28 Å². The van der Waals surface area contributed by atoms with Crippen LogP contribution in [0, 0.1) is 5.92 Å². The van der Waals surface area contributed by atoms with Crippen molar-refractivity contribution >= 4 is 23.7 Å². The van der Waals surface area contributed by atoms with E-state index in [0.717, 1.165) is 6.42 Å². The monoisotopic (exact) mass is 355 g/mol. The number of amides is 1. The Morgan fingerprint density at radius 1 is 1.38 bits per heavy atom. The Morgan fingerprint density at radius 3 is 2.71 bits per heavy atom. The number of carbonyl (C=O) groups excluding carboxylic acids is 2. The summed E-state index contributed by atoms with van der Waals surface area (Å²) < 4.78 is 10.0. The number of halogens is 1. The Hall–Kier alpha value is -1.89. The van der Waals surface area contributed by atoms with Gasteiger partial charge in [0, 0.05) is 18.8 Å². The summed E-state index contributed by atoms with van der Waals surface area (Å²) in [6.07, 6.45) is 1.14. The standard InChI is InChI=1S/C16H22ClN3O4/c1-16(2,3)24-15(22)20-6-5-10(9-20)7-11-8-12(13(21)23-4)19-14(17)18-11/h8,10H,5-7,9H2,1-4H3. The molecule has 1 fully saturated rings. The van der Waals surface area contributed by atoms with Crippen LogP contribution in [0.1, 0.15) is 43.4 Å². The van der Waals surface area contributed by atoms with Crippen molar-refractivity contribution in [2.75, 3.05) is 20.2 Å². The lowest BCUT2D eigenvalue weighted by molar-refractivity contribution is 0.0288. The van der Waals surface area contributed by atoms with Gasteiger partial charge in [-0.25, -0.2) is 19.6 Å². The van der Waals surface area contributed by atoms with Crippen molar-refractivity contribution in [2.24, 2.45) is 5.92 Å². The lowest BCUT2D eigenvalue weighted by Crippen LogP contribution is -2.35. The fraction of sp³-hybridized carbons (Fsp3) is 0.625. The van der Waals surface area contributed by atoms with E-state index in [0.29, 0.717) is 25.2 Å². The minimum absolute atomic E-state index is 0.00916. The molecule has 1 saturated heterocycles. The number of rotatable bonds is 3. The quantitative estimate of drug-likeness (QED) is 0.612. The average molecular weight is 356 g/mol. The van der Waals surface area contributed by atoms with Crippen LogP contribution in [0.5, 0.6) is 0 Å². The Labute approximate surface area is 146 Å². The molecule has 7 nitrogen and oxygen atoms in total. The van der Waals surface area contributed by atoms with Gasteiger partial charge in [-0.15, -0.1) is 0 Å². The van der Waals surface area contributed by atoms with Crippen molar-refractivity contribution in [3.8, 4) is 0 Å². The summed E-state index contributed by atoms with van der Waals surface area (Å²) in [6, 6.07) is 1.58. The molecule has 1 aliphatic rings. The molecule has 1 unspecified atom stereocenters. The highest BCUT2D eigenvalue weighted by molar-refractivity contribution is 6.28. The third-order valence-electron chi connectivity index (χ3n) is 3.58. The number of esters is 1. The van der Waals surface area contributed by atoms with Gasteiger partial charge in [0.1, 0.15) is 5.60 Å². The minimum atomic E-state index is -0.553. The highest BCUT2D eigenvalue weighted by Crippen LogP contribution is 2.23. The van der Waals surface area contributed by atoms with E-state index < -0.39 is 11.6 Å². The van der Waals surface area contributed by atoms with Gasteiger partial charge in [0.15, 0.2) is 5.69 Å². The zero-order valence-electron chi connectivity index (χ0n) is 14.3. The van der Waals surface area contributed by atoms with E-state index in [9.17, 15) is 9.59 Å². The molecule has 0 N–H and O–H groups in total. The van der Waals surface area contributed by atoms with Gasteiger partial charge in [-0.1, -0.05) is 0 Å². The van der Waals surface area contributed by atoms with Crippen LogP contribution in [0.15, 0.2) is 6.07 Å². The molecule has 8 heteroatoms. The first-order chi connectivity index (χ1) is 11.2. The number of likely N-dealkylation sites (tertiary alicyclic amines) is 1. The number of carbonyl (C=O) groups is 2. The highest BCUT2D eigenvalue weighted by Gasteiger charge is 2.30. The third kappa shape index (κ3) is 5.06. The van der Waals surface area contributed by atoms with E-state index in [2.05, 4.69) is 14.7 Å². The summed E-state index contributed by atoms with van der Waals surface area (Å²) in [6.45, 7) is 6.76. The molecule has 0 radical (unpaired) electrons. The number of hydrogen-bond acceptors (Lipinski definition) is 6. The lowest BCUT2D eigenvalue weighted by Gasteiger charge is -2.24. The van der Waals surface area contributed by atoms with E-state index in [1.807, 2.05) is 20.8 Å². The normalized spacial score (nSPS) is 17.7. The number of aromatic nitrogens is 2. The Balaban J connectivity index is 1.99. The van der Waals surface area contributed by atoms with Crippen LogP contribution >= 0.6 is 11.6 Å². The predicted octanol–water partition coefficient (Wildman–Crippen LogP) is 2.72. The van der Waals surface area contributed by atoms with Gasteiger partial charge in [0.05, 0.1) is 7.11 Å². The maximum atomic E-state index is 12.1. The number of hydrogen-bond donors (Lipinski definition) is 0. The molecule has 0 bridgehead atoms.